The van der Waals surface area contributed by atoms with E-state index in [-0.39, 0.29) is 28.5 Å². The van der Waals surface area contributed by atoms with Crippen LogP contribution in [0.25, 0.3) is 22.3 Å². The molecule has 1 unspecified atom stereocenters. The van der Waals surface area contributed by atoms with E-state index < -0.39 is 11.6 Å². The molecule has 4 heterocycles. The lowest BCUT2D eigenvalue weighted by Gasteiger charge is -2.33. The summed E-state index contributed by atoms with van der Waals surface area (Å²) in [4.78, 5) is 19.8. The molecular formula is C28H33F2N7S. The lowest BCUT2D eigenvalue weighted by atomic mass is 9.90. The van der Waals surface area contributed by atoms with Crippen molar-refractivity contribution < 1.29 is 8.78 Å². The SMILES string of the molecule is CCN1CCC(C(S)c2ccc(Nc3ncc(F)c(-c4cc(F)c5nc(C)n(C(C)C)c5c4)n3)nc2)CC1. The number of pyridine rings is 1. The summed E-state index contributed by atoms with van der Waals surface area (Å²) in [5.74, 6) is 0.746. The second-order valence-corrected chi connectivity index (χ2v) is 10.7. The highest BCUT2D eigenvalue weighted by atomic mass is 32.1. The topological polar surface area (TPSA) is 71.8 Å². The van der Waals surface area contributed by atoms with Gasteiger partial charge in [0.15, 0.2) is 11.6 Å². The van der Waals surface area contributed by atoms with Gasteiger partial charge in [-0.25, -0.2) is 28.7 Å². The third-order valence-corrected chi connectivity index (χ3v) is 8.07. The third kappa shape index (κ3) is 5.24. The molecule has 4 aromatic rings. The van der Waals surface area contributed by atoms with Gasteiger partial charge in [-0.15, -0.1) is 0 Å². The Balaban J connectivity index is 1.37. The second-order valence-electron chi connectivity index (χ2n) is 10.2. The first kappa shape index (κ1) is 26.5. The minimum absolute atomic E-state index is 0.00271. The van der Waals surface area contributed by atoms with Crippen LogP contribution in [0.15, 0.2) is 36.7 Å². The number of anilines is 2. The van der Waals surface area contributed by atoms with Crippen molar-refractivity contribution in [3.8, 4) is 11.3 Å². The number of likely N-dealkylation sites (tertiary alicyclic amines) is 1. The van der Waals surface area contributed by atoms with Gasteiger partial charge in [0.25, 0.3) is 0 Å². The molecule has 0 spiro atoms. The Bertz CT molecular complexity index is 1430. The molecule has 38 heavy (non-hydrogen) atoms. The van der Waals surface area contributed by atoms with Crippen LogP contribution in [-0.2, 0) is 0 Å². The average molecular weight is 538 g/mol. The van der Waals surface area contributed by atoms with Gasteiger partial charge in [0.1, 0.15) is 22.9 Å². The number of aryl methyl sites for hydroxylation is 1. The summed E-state index contributed by atoms with van der Waals surface area (Å²) in [6, 6.07) is 6.90. The first-order chi connectivity index (χ1) is 18.2. The van der Waals surface area contributed by atoms with Crippen LogP contribution < -0.4 is 5.32 Å². The van der Waals surface area contributed by atoms with Gasteiger partial charge in [-0.1, -0.05) is 13.0 Å². The van der Waals surface area contributed by atoms with Crippen LogP contribution >= 0.6 is 12.6 Å². The van der Waals surface area contributed by atoms with E-state index in [1.165, 1.54) is 6.07 Å². The predicted octanol–water partition coefficient (Wildman–Crippen LogP) is 6.50. The molecule has 5 rings (SSSR count). The van der Waals surface area contributed by atoms with Crippen LogP contribution in [0.1, 0.15) is 56.3 Å². The number of benzene rings is 1. The number of imidazole rings is 1. The van der Waals surface area contributed by atoms with Crippen molar-refractivity contribution in [2.45, 2.75) is 51.8 Å². The quantitative estimate of drug-likeness (QED) is 0.262. The number of thiol groups is 1. The molecule has 1 N–H and O–H groups in total. The Labute approximate surface area is 227 Å². The molecule has 1 aliphatic rings. The summed E-state index contributed by atoms with van der Waals surface area (Å²) in [6.45, 7) is 11.3. The first-order valence-corrected chi connectivity index (χ1v) is 13.6. The van der Waals surface area contributed by atoms with E-state index in [9.17, 15) is 8.78 Å². The molecule has 0 saturated carbocycles. The summed E-state index contributed by atoms with van der Waals surface area (Å²) in [6.07, 6.45) is 5.14. The van der Waals surface area contributed by atoms with Crippen LogP contribution in [0.2, 0.25) is 0 Å². The highest BCUT2D eigenvalue weighted by Gasteiger charge is 2.25. The van der Waals surface area contributed by atoms with Crippen molar-refractivity contribution in [1.29, 1.82) is 0 Å². The first-order valence-electron chi connectivity index (χ1n) is 13.1. The maximum Gasteiger partial charge on any atom is 0.229 e. The number of hydrogen-bond acceptors (Lipinski definition) is 7. The van der Waals surface area contributed by atoms with Crippen molar-refractivity contribution in [1.82, 2.24) is 29.4 Å². The second kappa shape index (κ2) is 10.9. The maximum absolute atomic E-state index is 15.0. The van der Waals surface area contributed by atoms with E-state index in [4.69, 9.17) is 12.6 Å². The van der Waals surface area contributed by atoms with E-state index in [1.807, 2.05) is 43.7 Å². The average Bonchev–Trinajstić information content (AvgIpc) is 3.26. The zero-order chi connectivity index (χ0) is 27.0. The van der Waals surface area contributed by atoms with Crippen molar-refractivity contribution in [2.75, 3.05) is 25.0 Å². The zero-order valence-electron chi connectivity index (χ0n) is 22.1. The van der Waals surface area contributed by atoms with Crippen LogP contribution in [0.5, 0.6) is 0 Å². The fourth-order valence-electron chi connectivity index (χ4n) is 5.31. The molecule has 0 bridgehead atoms. The molecule has 3 aromatic heterocycles. The van der Waals surface area contributed by atoms with Crippen LogP contribution in [0, 0.1) is 24.5 Å². The molecule has 0 amide bonds. The van der Waals surface area contributed by atoms with E-state index in [2.05, 4.69) is 37.1 Å². The molecule has 1 aliphatic heterocycles. The number of halogens is 2. The van der Waals surface area contributed by atoms with Gasteiger partial charge in [0.2, 0.25) is 5.95 Å². The van der Waals surface area contributed by atoms with Gasteiger partial charge in [-0.3, -0.25) is 0 Å². The summed E-state index contributed by atoms with van der Waals surface area (Å²) in [5, 5.41) is 3.17. The highest BCUT2D eigenvalue weighted by Crippen LogP contribution is 2.36. The van der Waals surface area contributed by atoms with Crippen molar-refractivity contribution in [2.24, 2.45) is 5.92 Å². The number of rotatable bonds is 7. The van der Waals surface area contributed by atoms with Gasteiger partial charge in [0.05, 0.1) is 11.7 Å². The number of piperidine rings is 1. The van der Waals surface area contributed by atoms with Crippen molar-refractivity contribution in [3.63, 3.8) is 0 Å². The Morgan fingerprint density at radius 2 is 1.82 bits per heavy atom. The summed E-state index contributed by atoms with van der Waals surface area (Å²) in [5.41, 5.74) is 2.24. The van der Waals surface area contributed by atoms with Gasteiger partial charge >= 0.3 is 0 Å². The van der Waals surface area contributed by atoms with Crippen molar-refractivity contribution in [3.05, 3.63) is 59.7 Å². The largest absolute Gasteiger partial charge is 0.326 e. The molecule has 1 aromatic carbocycles. The van der Waals surface area contributed by atoms with Crippen LogP contribution in [0.4, 0.5) is 20.5 Å². The van der Waals surface area contributed by atoms with Gasteiger partial charge in [-0.05, 0) is 82.9 Å². The normalized spacial score (nSPS) is 15.9. The highest BCUT2D eigenvalue weighted by molar-refractivity contribution is 7.80. The lowest BCUT2D eigenvalue weighted by molar-refractivity contribution is 0.191. The Hall–Kier alpha value is -3.11. The number of fused-ring (bicyclic) bond motifs is 1. The minimum atomic E-state index is -0.642. The monoisotopic (exact) mass is 537 g/mol. The molecule has 1 atom stereocenters. The van der Waals surface area contributed by atoms with Gasteiger partial charge < -0.3 is 14.8 Å². The molecule has 0 radical (unpaired) electrons. The van der Waals surface area contributed by atoms with Crippen LogP contribution in [-0.4, -0.2) is 49.0 Å². The van der Waals surface area contributed by atoms with Crippen LogP contribution in [0.3, 0.4) is 0 Å². The Morgan fingerprint density at radius 3 is 2.47 bits per heavy atom. The summed E-state index contributed by atoms with van der Waals surface area (Å²) >= 11 is 4.89. The van der Waals surface area contributed by atoms with Gasteiger partial charge in [-0.2, -0.15) is 12.6 Å². The molecule has 10 heteroatoms. The van der Waals surface area contributed by atoms with E-state index in [1.54, 1.807) is 6.07 Å². The fraction of sp³-hybridized carbons (Fsp3) is 0.429. The Morgan fingerprint density at radius 1 is 1.05 bits per heavy atom. The van der Waals surface area contributed by atoms with Gasteiger partial charge in [0, 0.05) is 23.1 Å². The number of aromatic nitrogens is 5. The third-order valence-electron chi connectivity index (χ3n) is 7.35. The molecule has 7 nitrogen and oxygen atoms in total. The zero-order valence-corrected chi connectivity index (χ0v) is 23.0. The predicted molar refractivity (Wildman–Crippen MR) is 150 cm³/mol. The van der Waals surface area contributed by atoms with E-state index >= 15 is 0 Å². The maximum atomic E-state index is 15.0. The molecular weight excluding hydrogens is 504 g/mol. The number of nitrogens with zero attached hydrogens (tertiary/aromatic N) is 6. The Kier molecular flexibility index (Phi) is 7.63. The number of hydrogen-bond donors (Lipinski definition) is 2. The molecule has 1 saturated heterocycles. The fourth-order valence-corrected chi connectivity index (χ4v) is 5.76. The summed E-state index contributed by atoms with van der Waals surface area (Å²) < 4.78 is 31.7. The van der Waals surface area contributed by atoms with Crippen molar-refractivity contribution >= 4 is 35.4 Å². The standard InChI is InChI=1S/C28H33F2N7S/c1-5-36-10-8-18(9-11-36)27(38)19-6-7-24(31-14-19)34-28-32-15-22(30)25(35-28)20-12-21(29)26-23(13-20)37(16(2)3)17(4)33-26/h6-7,12-16,18,27,38H,5,8-11H2,1-4H3,(H,31,32,34,35). The molecule has 0 aliphatic carbocycles. The number of nitrogens with one attached hydrogen (secondary N) is 1. The smallest absolute Gasteiger partial charge is 0.229 e. The molecule has 1 fully saturated rings. The van der Waals surface area contributed by atoms with E-state index in [0.717, 1.165) is 44.2 Å². The van der Waals surface area contributed by atoms with E-state index in [0.29, 0.717) is 28.6 Å². The lowest BCUT2D eigenvalue weighted by Crippen LogP contribution is -2.34. The molecule has 200 valence electrons. The summed E-state index contributed by atoms with van der Waals surface area (Å²) in [7, 11) is 0. The minimum Gasteiger partial charge on any atom is -0.326 e.